The Hall–Kier alpha value is -4.61. The number of amides is 1. The summed E-state index contributed by atoms with van der Waals surface area (Å²) in [6, 6.07) is 19.0. The number of rotatable bonds is 3. The van der Waals surface area contributed by atoms with E-state index in [1.807, 2.05) is 30.3 Å². The Morgan fingerprint density at radius 2 is 1.85 bits per heavy atom. The molecule has 4 rings (SSSR count). The summed E-state index contributed by atoms with van der Waals surface area (Å²) in [5.74, 6) is -1.18. The number of benzene rings is 1. The third kappa shape index (κ3) is 3.67. The van der Waals surface area contributed by atoms with Crippen molar-refractivity contribution >= 4 is 6.09 Å². The fourth-order valence-electron chi connectivity index (χ4n) is 4.59. The minimum atomic E-state index is -1.76. The van der Waals surface area contributed by atoms with Gasteiger partial charge in [0.2, 0.25) is 0 Å². The van der Waals surface area contributed by atoms with Crippen LogP contribution in [-0.2, 0) is 11.3 Å². The van der Waals surface area contributed by atoms with Crippen LogP contribution in [0, 0.1) is 45.3 Å². The van der Waals surface area contributed by atoms with Crippen molar-refractivity contribution in [2.45, 2.75) is 12.5 Å². The number of carbonyl (C=O) groups is 1. The smallest absolute Gasteiger partial charge is 0.410 e. The highest BCUT2D eigenvalue weighted by atomic mass is 16.6. The van der Waals surface area contributed by atoms with Crippen LogP contribution < -0.4 is 5.73 Å². The molecule has 1 aromatic carbocycles. The first-order valence-corrected chi connectivity index (χ1v) is 10.3. The zero-order valence-corrected chi connectivity index (χ0v) is 17.7. The zero-order chi connectivity index (χ0) is 23.4. The van der Waals surface area contributed by atoms with Crippen LogP contribution in [-0.4, -0.2) is 29.1 Å². The van der Waals surface area contributed by atoms with Crippen LogP contribution in [0.1, 0.15) is 17.0 Å². The predicted molar refractivity (Wildman–Crippen MR) is 117 cm³/mol. The van der Waals surface area contributed by atoms with E-state index in [2.05, 4.69) is 23.2 Å². The Kier molecular flexibility index (Phi) is 5.81. The SMILES string of the molecule is N#CC1=C(N)C(C#N)(C#N)[C@H](c2ccncc2)[C@@H]2CN(C(=O)OCc3ccccc3)CC=C12. The molecule has 0 radical (unpaired) electrons. The van der Waals surface area contributed by atoms with Crippen molar-refractivity contribution in [3.8, 4) is 18.2 Å². The molecule has 2 heterocycles. The van der Waals surface area contributed by atoms with E-state index < -0.39 is 23.3 Å². The van der Waals surface area contributed by atoms with E-state index in [1.54, 1.807) is 30.6 Å². The molecule has 0 saturated heterocycles. The van der Waals surface area contributed by atoms with Gasteiger partial charge in [0.05, 0.1) is 23.4 Å². The van der Waals surface area contributed by atoms with Crippen LogP contribution in [0.2, 0.25) is 0 Å². The Balaban J connectivity index is 1.71. The maximum Gasteiger partial charge on any atom is 0.410 e. The molecule has 0 saturated carbocycles. The molecule has 162 valence electrons. The Morgan fingerprint density at radius 1 is 1.15 bits per heavy atom. The van der Waals surface area contributed by atoms with Crippen molar-refractivity contribution in [3.63, 3.8) is 0 Å². The summed E-state index contributed by atoms with van der Waals surface area (Å²) in [6.45, 7) is 0.533. The minimum Gasteiger partial charge on any atom is -0.445 e. The monoisotopic (exact) mass is 436 g/mol. The number of nitriles is 3. The molecule has 2 atom stereocenters. The van der Waals surface area contributed by atoms with Gasteiger partial charge in [-0.1, -0.05) is 36.4 Å². The van der Waals surface area contributed by atoms with Gasteiger partial charge in [-0.15, -0.1) is 0 Å². The van der Waals surface area contributed by atoms with Gasteiger partial charge in [0.25, 0.3) is 0 Å². The van der Waals surface area contributed by atoms with E-state index in [0.29, 0.717) is 11.1 Å². The first-order chi connectivity index (χ1) is 16.1. The molecule has 1 aliphatic carbocycles. The lowest BCUT2D eigenvalue weighted by atomic mass is 9.58. The van der Waals surface area contributed by atoms with Crippen LogP contribution in [0.25, 0.3) is 0 Å². The fraction of sp³-hybridized carbons (Fsp3) is 0.240. The van der Waals surface area contributed by atoms with E-state index in [4.69, 9.17) is 10.5 Å². The maximum absolute atomic E-state index is 12.8. The molecule has 2 aromatic rings. The highest BCUT2D eigenvalue weighted by Gasteiger charge is 2.54. The topological polar surface area (TPSA) is 140 Å². The molecule has 0 spiro atoms. The number of nitrogens with two attached hydrogens (primary N) is 1. The number of hydrogen-bond acceptors (Lipinski definition) is 7. The van der Waals surface area contributed by atoms with Gasteiger partial charge in [-0.2, -0.15) is 15.8 Å². The van der Waals surface area contributed by atoms with Crippen molar-refractivity contribution in [2.24, 2.45) is 17.1 Å². The summed E-state index contributed by atoms with van der Waals surface area (Å²) in [5.41, 5.74) is 6.79. The Bertz CT molecular complexity index is 1230. The summed E-state index contributed by atoms with van der Waals surface area (Å²) >= 11 is 0. The van der Waals surface area contributed by atoms with E-state index in [9.17, 15) is 20.6 Å². The molecular weight excluding hydrogens is 416 g/mol. The molecule has 2 N–H and O–H groups in total. The summed E-state index contributed by atoms with van der Waals surface area (Å²) in [5, 5.41) is 30.0. The highest BCUT2D eigenvalue weighted by Crippen LogP contribution is 2.54. The number of aromatic nitrogens is 1. The summed E-state index contributed by atoms with van der Waals surface area (Å²) in [6.07, 6.45) is 4.40. The molecule has 0 fully saturated rings. The number of carbonyl (C=O) groups excluding carboxylic acids is 1. The summed E-state index contributed by atoms with van der Waals surface area (Å²) in [4.78, 5) is 18.4. The lowest BCUT2D eigenvalue weighted by Crippen LogP contribution is -2.49. The lowest BCUT2D eigenvalue weighted by molar-refractivity contribution is 0.0898. The quantitative estimate of drug-likeness (QED) is 0.779. The molecule has 8 nitrogen and oxygen atoms in total. The zero-order valence-electron chi connectivity index (χ0n) is 17.7. The van der Waals surface area contributed by atoms with E-state index in [1.165, 1.54) is 4.90 Å². The number of allylic oxidation sites excluding steroid dienone is 2. The first-order valence-electron chi connectivity index (χ1n) is 10.3. The molecule has 0 unspecified atom stereocenters. The van der Waals surface area contributed by atoms with Gasteiger partial charge in [-0.25, -0.2) is 4.79 Å². The van der Waals surface area contributed by atoms with Gasteiger partial charge in [0.15, 0.2) is 5.41 Å². The van der Waals surface area contributed by atoms with Crippen molar-refractivity contribution in [1.29, 1.82) is 15.8 Å². The Labute approximate surface area is 191 Å². The van der Waals surface area contributed by atoms with Gasteiger partial charge >= 0.3 is 6.09 Å². The molecule has 33 heavy (non-hydrogen) atoms. The van der Waals surface area contributed by atoms with Crippen molar-refractivity contribution in [2.75, 3.05) is 13.1 Å². The second kappa shape index (κ2) is 8.86. The number of nitrogens with zero attached hydrogens (tertiary/aromatic N) is 5. The standard InChI is InChI=1S/C25H20N6O2/c26-12-20-19-8-11-31(24(32)33-14-17-4-2-1-3-5-17)13-21(19)22(18-6-9-30-10-7-18)25(15-27,16-28)23(20)29/h1-10,21-22H,11,13-14,29H2/t21-,22-/m1/s1. The summed E-state index contributed by atoms with van der Waals surface area (Å²) in [7, 11) is 0. The maximum atomic E-state index is 12.8. The van der Waals surface area contributed by atoms with Gasteiger partial charge in [-0.3, -0.25) is 4.98 Å². The number of hydrogen-bond donors (Lipinski definition) is 1. The molecule has 0 bridgehead atoms. The van der Waals surface area contributed by atoms with Crippen molar-refractivity contribution < 1.29 is 9.53 Å². The largest absolute Gasteiger partial charge is 0.445 e. The van der Waals surface area contributed by atoms with Gasteiger partial charge in [0, 0.05) is 37.3 Å². The molecule has 8 heteroatoms. The fourth-order valence-corrected chi connectivity index (χ4v) is 4.59. The second-order valence-corrected chi connectivity index (χ2v) is 7.90. The predicted octanol–water partition coefficient (Wildman–Crippen LogP) is 3.14. The minimum absolute atomic E-state index is 0.0561. The number of fused-ring (bicyclic) bond motifs is 1. The molecule has 2 aliphatic rings. The van der Waals surface area contributed by atoms with E-state index >= 15 is 0 Å². The van der Waals surface area contributed by atoms with E-state index in [0.717, 1.165) is 5.56 Å². The van der Waals surface area contributed by atoms with Gasteiger partial charge < -0.3 is 15.4 Å². The average molecular weight is 436 g/mol. The lowest BCUT2D eigenvalue weighted by Gasteiger charge is -2.45. The Morgan fingerprint density at radius 3 is 2.48 bits per heavy atom. The van der Waals surface area contributed by atoms with Crippen LogP contribution >= 0.6 is 0 Å². The highest BCUT2D eigenvalue weighted by molar-refractivity contribution is 5.69. The second-order valence-electron chi connectivity index (χ2n) is 7.90. The van der Waals surface area contributed by atoms with Crippen molar-refractivity contribution in [3.05, 3.63) is 88.9 Å². The van der Waals surface area contributed by atoms with Crippen LogP contribution in [0.3, 0.4) is 0 Å². The average Bonchev–Trinajstić information content (AvgIpc) is 2.87. The van der Waals surface area contributed by atoms with Gasteiger partial charge in [-0.05, 0) is 28.8 Å². The molecular formula is C25H20N6O2. The number of ether oxygens (including phenoxy) is 1. The third-order valence-corrected chi connectivity index (χ3v) is 6.19. The third-order valence-electron chi connectivity index (χ3n) is 6.19. The van der Waals surface area contributed by atoms with Crippen LogP contribution in [0.4, 0.5) is 4.79 Å². The first kappa shape index (κ1) is 21.6. The molecule has 1 aliphatic heterocycles. The normalized spacial score (nSPS) is 21.0. The van der Waals surface area contributed by atoms with Crippen molar-refractivity contribution in [1.82, 2.24) is 9.88 Å². The van der Waals surface area contributed by atoms with Crippen LogP contribution in [0.15, 0.2) is 77.8 Å². The summed E-state index contributed by atoms with van der Waals surface area (Å²) < 4.78 is 5.48. The molecule has 1 amide bonds. The molecule has 1 aromatic heterocycles. The van der Waals surface area contributed by atoms with E-state index in [-0.39, 0.29) is 31.0 Å². The van der Waals surface area contributed by atoms with Gasteiger partial charge in [0.1, 0.15) is 12.7 Å². The number of pyridine rings is 1. The van der Waals surface area contributed by atoms with Crippen LogP contribution in [0.5, 0.6) is 0 Å².